The van der Waals surface area contributed by atoms with E-state index in [0.717, 1.165) is 34.1 Å². The molecule has 0 unspecified atom stereocenters. The van der Waals surface area contributed by atoms with Crippen LogP contribution in [0.5, 0.6) is 0 Å². The van der Waals surface area contributed by atoms with Crippen LogP contribution in [0.4, 0.5) is 13.2 Å². The van der Waals surface area contributed by atoms with Gasteiger partial charge in [0.15, 0.2) is 0 Å². The predicted octanol–water partition coefficient (Wildman–Crippen LogP) is 1.50. The van der Waals surface area contributed by atoms with Crippen molar-refractivity contribution in [3.63, 3.8) is 0 Å². The standard InChI is InChI=1S/C7H4F3.Bi/c8-7(9,10)6-4-2-1-3-5-6;/h1-2,4-5H;. The molecule has 0 aliphatic carbocycles. The van der Waals surface area contributed by atoms with E-state index in [4.69, 9.17) is 0 Å². The average molecular weight is 354 g/mol. The predicted molar refractivity (Wildman–Crippen MR) is 36.8 cm³/mol. The molecule has 1 rings (SSSR count). The van der Waals surface area contributed by atoms with Gasteiger partial charge in [-0.1, -0.05) is 0 Å². The van der Waals surface area contributed by atoms with Crippen molar-refractivity contribution < 1.29 is 13.2 Å². The van der Waals surface area contributed by atoms with Crippen molar-refractivity contribution in [2.75, 3.05) is 0 Å². The number of hydrogen-bond acceptors (Lipinski definition) is 0. The normalized spacial score (nSPS) is 11.6. The van der Waals surface area contributed by atoms with Gasteiger partial charge < -0.3 is 0 Å². The van der Waals surface area contributed by atoms with Crippen LogP contribution in [0.3, 0.4) is 0 Å². The number of hydrogen-bond donors (Lipinski definition) is 0. The molecule has 0 aliphatic rings. The summed E-state index contributed by atoms with van der Waals surface area (Å²) in [5.74, 6) is 0. The second-order valence-electron chi connectivity index (χ2n) is 2.05. The van der Waals surface area contributed by atoms with Crippen molar-refractivity contribution in [2.45, 2.75) is 6.18 Å². The van der Waals surface area contributed by atoms with Crippen LogP contribution in [0, 0.1) is 0 Å². The van der Waals surface area contributed by atoms with E-state index in [-0.39, 0.29) is 0 Å². The third-order valence-corrected chi connectivity index (χ3v) is 2.25. The van der Waals surface area contributed by atoms with Crippen molar-refractivity contribution in [1.29, 1.82) is 0 Å². The Morgan fingerprint density at radius 1 is 1.18 bits per heavy atom. The maximum absolute atomic E-state index is 12.0. The Bertz CT molecular complexity index is 254. The zero-order chi connectivity index (χ0) is 8.48. The van der Waals surface area contributed by atoms with Crippen LogP contribution in [-0.4, -0.2) is 24.7 Å². The molecule has 0 atom stereocenters. The molecule has 11 heavy (non-hydrogen) atoms. The van der Waals surface area contributed by atoms with Gasteiger partial charge in [-0.15, -0.1) is 0 Å². The zero-order valence-corrected chi connectivity index (χ0v) is 8.87. The molecule has 0 saturated heterocycles. The molecule has 0 bridgehead atoms. The first-order chi connectivity index (χ1) is 5.00. The molecule has 0 N–H and O–H groups in total. The summed E-state index contributed by atoms with van der Waals surface area (Å²) in [7, 11) is 0. The van der Waals surface area contributed by atoms with Crippen molar-refractivity contribution in [2.24, 2.45) is 0 Å². The molecule has 2 radical (unpaired) electrons. The van der Waals surface area contributed by atoms with Gasteiger partial charge in [0.05, 0.1) is 0 Å². The zero-order valence-electron chi connectivity index (χ0n) is 5.39. The molecular formula is C7H4BiF3. The Morgan fingerprint density at radius 2 is 1.82 bits per heavy atom. The average Bonchev–Trinajstić information content (AvgIpc) is 1.86. The molecule has 0 spiro atoms. The summed E-state index contributed by atoms with van der Waals surface area (Å²) in [4.78, 5) is 0. The number of halogens is 3. The van der Waals surface area contributed by atoms with Crippen LogP contribution >= 0.6 is 0 Å². The second kappa shape index (κ2) is 3.10. The summed E-state index contributed by atoms with van der Waals surface area (Å²) in [6, 6.07) is 5.37. The minimum atomic E-state index is -4.20. The van der Waals surface area contributed by atoms with E-state index in [1.54, 1.807) is 6.07 Å². The Balaban J connectivity index is 3.06. The molecule has 0 aliphatic heterocycles. The second-order valence-corrected chi connectivity index (χ2v) is 4.06. The van der Waals surface area contributed by atoms with E-state index in [1.165, 1.54) is 12.1 Å². The van der Waals surface area contributed by atoms with E-state index in [9.17, 15) is 13.2 Å². The Labute approximate surface area is 77.3 Å². The van der Waals surface area contributed by atoms with Crippen molar-refractivity contribution >= 4 is 28.0 Å². The molecule has 0 amide bonds. The number of benzene rings is 1. The fourth-order valence-corrected chi connectivity index (χ4v) is 1.56. The molecule has 0 fully saturated rings. The van der Waals surface area contributed by atoms with Crippen LogP contribution in [0.2, 0.25) is 0 Å². The summed E-state index contributed by atoms with van der Waals surface area (Å²) in [6.07, 6.45) is -4.20. The molecule has 58 valence electrons. The maximum atomic E-state index is 12.0. The summed E-state index contributed by atoms with van der Waals surface area (Å²) in [6.45, 7) is 0. The van der Waals surface area contributed by atoms with Crippen LogP contribution < -0.4 is 3.27 Å². The first kappa shape index (κ1) is 8.98. The van der Waals surface area contributed by atoms with Gasteiger partial charge in [-0.25, -0.2) is 0 Å². The van der Waals surface area contributed by atoms with Crippen molar-refractivity contribution in [3.05, 3.63) is 29.8 Å². The molecular weight excluding hydrogens is 350 g/mol. The molecule has 4 heteroatoms. The van der Waals surface area contributed by atoms with Crippen molar-refractivity contribution in [1.82, 2.24) is 0 Å². The summed E-state index contributed by atoms with van der Waals surface area (Å²) >= 11 is 0.852. The van der Waals surface area contributed by atoms with Gasteiger partial charge in [0, 0.05) is 0 Å². The Kier molecular flexibility index (Phi) is 2.53. The molecule has 0 saturated carbocycles. The molecule has 0 nitrogen and oxygen atoms in total. The van der Waals surface area contributed by atoms with E-state index in [1.807, 2.05) is 0 Å². The van der Waals surface area contributed by atoms with E-state index >= 15 is 0 Å². The molecule has 0 aromatic heterocycles. The minimum absolute atomic E-state index is 0.558. The molecule has 1 aromatic carbocycles. The van der Waals surface area contributed by atoms with Crippen LogP contribution in [0.25, 0.3) is 0 Å². The molecule has 0 heterocycles. The summed E-state index contributed by atoms with van der Waals surface area (Å²) in [5.41, 5.74) is -0.558. The van der Waals surface area contributed by atoms with E-state index < -0.39 is 11.7 Å². The fourth-order valence-electron chi connectivity index (χ4n) is 0.682. The van der Waals surface area contributed by atoms with Gasteiger partial charge in [0.1, 0.15) is 0 Å². The first-order valence-electron chi connectivity index (χ1n) is 2.86. The Hall–Kier alpha value is -0.107. The van der Waals surface area contributed by atoms with Gasteiger partial charge >= 0.3 is 77.2 Å². The van der Waals surface area contributed by atoms with Crippen LogP contribution in [0.1, 0.15) is 5.56 Å². The first-order valence-corrected chi connectivity index (χ1v) is 4.60. The van der Waals surface area contributed by atoms with Gasteiger partial charge in [-0.2, -0.15) is 0 Å². The SMILES string of the molecule is FC(F)(F)c1ccc[c]([Bi])c1. The van der Waals surface area contributed by atoms with E-state index in [2.05, 4.69) is 0 Å². The quantitative estimate of drug-likeness (QED) is 0.620. The van der Waals surface area contributed by atoms with Gasteiger partial charge in [0.2, 0.25) is 0 Å². The summed E-state index contributed by atoms with van der Waals surface area (Å²) in [5, 5.41) is 0. The van der Waals surface area contributed by atoms with Crippen molar-refractivity contribution in [3.8, 4) is 0 Å². The Morgan fingerprint density at radius 3 is 2.18 bits per heavy atom. The number of rotatable bonds is 0. The monoisotopic (exact) mass is 354 g/mol. The number of alkyl halides is 3. The third-order valence-electron chi connectivity index (χ3n) is 1.17. The van der Waals surface area contributed by atoms with E-state index in [0.29, 0.717) is 0 Å². The van der Waals surface area contributed by atoms with Gasteiger partial charge in [0.25, 0.3) is 0 Å². The van der Waals surface area contributed by atoms with Gasteiger partial charge in [-0.3, -0.25) is 0 Å². The fraction of sp³-hybridized carbons (Fsp3) is 0.143. The summed E-state index contributed by atoms with van der Waals surface area (Å²) < 4.78 is 36.7. The van der Waals surface area contributed by atoms with Crippen LogP contribution in [0.15, 0.2) is 24.3 Å². The third kappa shape index (κ3) is 2.44. The van der Waals surface area contributed by atoms with Gasteiger partial charge in [-0.05, 0) is 0 Å². The van der Waals surface area contributed by atoms with Crippen LogP contribution in [-0.2, 0) is 6.18 Å². The molecule has 1 aromatic rings. The topological polar surface area (TPSA) is 0 Å².